The van der Waals surface area contributed by atoms with Gasteiger partial charge in [0, 0.05) is 32.7 Å². The third kappa shape index (κ3) is 2.86. The van der Waals surface area contributed by atoms with Gasteiger partial charge in [-0.15, -0.1) is 0 Å². The van der Waals surface area contributed by atoms with Gasteiger partial charge in [-0.2, -0.15) is 0 Å². The maximum absolute atomic E-state index is 6.42. The lowest BCUT2D eigenvalue weighted by Gasteiger charge is -2.14. The van der Waals surface area contributed by atoms with Crippen molar-refractivity contribution in [2.75, 3.05) is 0 Å². The topological polar surface area (TPSA) is 30.4 Å². The van der Waals surface area contributed by atoms with Crippen molar-refractivity contribution in [2.24, 2.45) is 0 Å². The van der Waals surface area contributed by atoms with Gasteiger partial charge in [-0.1, -0.05) is 115 Å². The predicted molar refractivity (Wildman–Crippen MR) is 166 cm³/mol. The average molecular weight is 511 g/mol. The van der Waals surface area contributed by atoms with E-state index >= 15 is 0 Å². The standard InChI is InChI=1S/C37H22N2O/c1-2-11-24-23(10-1)26(30-16-9-17-31-29-14-6-8-19-35(29)40-36(30)31)20-21-28(24)34-22-38-37-32-15-4-3-12-25(32)27-13-5-7-18-33(27)39(34)37/h1-22H. The molecule has 0 atom stereocenters. The van der Waals surface area contributed by atoms with E-state index in [0.717, 1.165) is 60.9 Å². The molecule has 6 aromatic carbocycles. The largest absolute Gasteiger partial charge is 0.455 e. The minimum atomic E-state index is 0.913. The van der Waals surface area contributed by atoms with Crippen LogP contribution in [0.3, 0.4) is 0 Å². The van der Waals surface area contributed by atoms with Gasteiger partial charge in [0.2, 0.25) is 0 Å². The van der Waals surface area contributed by atoms with Gasteiger partial charge >= 0.3 is 0 Å². The van der Waals surface area contributed by atoms with E-state index in [1.165, 1.54) is 21.5 Å². The number of para-hydroxylation sites is 3. The van der Waals surface area contributed by atoms with E-state index in [1.54, 1.807) is 0 Å². The van der Waals surface area contributed by atoms with E-state index in [2.05, 4.69) is 120 Å². The summed E-state index contributed by atoms with van der Waals surface area (Å²) in [7, 11) is 0. The van der Waals surface area contributed by atoms with Crippen LogP contribution < -0.4 is 0 Å². The van der Waals surface area contributed by atoms with Crippen LogP contribution >= 0.6 is 0 Å². The van der Waals surface area contributed by atoms with Gasteiger partial charge < -0.3 is 4.42 Å². The molecule has 3 heteroatoms. The zero-order chi connectivity index (χ0) is 26.2. The summed E-state index contributed by atoms with van der Waals surface area (Å²) < 4.78 is 8.74. The highest BCUT2D eigenvalue weighted by Crippen LogP contribution is 2.42. The zero-order valence-corrected chi connectivity index (χ0v) is 21.5. The third-order valence-corrected chi connectivity index (χ3v) is 8.26. The fourth-order valence-corrected chi connectivity index (χ4v) is 6.50. The Morgan fingerprint density at radius 2 is 1.07 bits per heavy atom. The van der Waals surface area contributed by atoms with Crippen molar-refractivity contribution in [3.05, 3.63) is 134 Å². The molecule has 0 aliphatic rings. The highest BCUT2D eigenvalue weighted by Gasteiger charge is 2.18. The van der Waals surface area contributed by atoms with Crippen LogP contribution in [0.25, 0.3) is 82.4 Å². The Morgan fingerprint density at radius 1 is 0.450 bits per heavy atom. The van der Waals surface area contributed by atoms with Crippen LogP contribution in [0.15, 0.2) is 138 Å². The smallest absolute Gasteiger partial charge is 0.145 e. The minimum Gasteiger partial charge on any atom is -0.455 e. The molecule has 40 heavy (non-hydrogen) atoms. The van der Waals surface area contributed by atoms with Gasteiger partial charge in [0.25, 0.3) is 0 Å². The first-order chi connectivity index (χ1) is 19.9. The molecule has 3 heterocycles. The number of aromatic nitrogens is 2. The summed E-state index contributed by atoms with van der Waals surface area (Å²) >= 11 is 0. The van der Waals surface area contributed by atoms with Gasteiger partial charge in [-0.05, 0) is 33.9 Å². The maximum Gasteiger partial charge on any atom is 0.145 e. The summed E-state index contributed by atoms with van der Waals surface area (Å²) in [4.78, 5) is 4.97. The SMILES string of the molecule is c1ccc2c(c1)oc1c(-c3ccc(-c4cnc5c6ccccc6c6ccccc6n45)c4ccccc34)cccc12. The lowest BCUT2D eigenvalue weighted by molar-refractivity contribution is 0.670. The fraction of sp³-hybridized carbons (Fsp3) is 0. The van der Waals surface area contributed by atoms with Crippen molar-refractivity contribution in [1.82, 2.24) is 9.38 Å². The number of rotatable bonds is 2. The third-order valence-electron chi connectivity index (χ3n) is 8.26. The number of fused-ring (bicyclic) bond motifs is 10. The van der Waals surface area contributed by atoms with Gasteiger partial charge in [0.05, 0.1) is 17.4 Å². The number of nitrogens with zero attached hydrogens (tertiary/aromatic N) is 2. The van der Waals surface area contributed by atoms with Crippen LogP contribution in [-0.2, 0) is 0 Å². The van der Waals surface area contributed by atoms with Crippen molar-refractivity contribution in [2.45, 2.75) is 0 Å². The number of hydrogen-bond donors (Lipinski definition) is 0. The Labute approximate surface area is 229 Å². The van der Waals surface area contributed by atoms with E-state index in [-0.39, 0.29) is 0 Å². The first-order valence-electron chi connectivity index (χ1n) is 13.6. The fourth-order valence-electron chi connectivity index (χ4n) is 6.50. The first-order valence-corrected chi connectivity index (χ1v) is 13.6. The Hall–Kier alpha value is -5.41. The Bertz CT molecular complexity index is 2440. The predicted octanol–water partition coefficient (Wildman–Crippen LogP) is 10.0. The molecular weight excluding hydrogens is 488 g/mol. The van der Waals surface area contributed by atoms with E-state index in [9.17, 15) is 0 Å². The van der Waals surface area contributed by atoms with Crippen LogP contribution in [0.5, 0.6) is 0 Å². The lowest BCUT2D eigenvalue weighted by Crippen LogP contribution is -1.94. The Balaban J connectivity index is 1.36. The van der Waals surface area contributed by atoms with Crippen molar-refractivity contribution in [1.29, 1.82) is 0 Å². The van der Waals surface area contributed by atoms with Gasteiger partial charge in [-0.3, -0.25) is 4.40 Å². The zero-order valence-electron chi connectivity index (χ0n) is 21.5. The van der Waals surface area contributed by atoms with E-state index in [1.807, 2.05) is 18.3 Å². The van der Waals surface area contributed by atoms with Crippen molar-refractivity contribution < 1.29 is 4.42 Å². The molecule has 0 fully saturated rings. The van der Waals surface area contributed by atoms with Crippen LogP contribution in [0.2, 0.25) is 0 Å². The van der Waals surface area contributed by atoms with E-state index < -0.39 is 0 Å². The molecule has 0 spiro atoms. The highest BCUT2D eigenvalue weighted by atomic mass is 16.3. The normalized spacial score (nSPS) is 12.0. The number of imidazole rings is 1. The Kier molecular flexibility index (Phi) is 4.33. The summed E-state index contributed by atoms with van der Waals surface area (Å²) in [5.74, 6) is 0. The molecule has 0 bridgehead atoms. The molecule has 9 aromatic rings. The molecule has 0 saturated carbocycles. The van der Waals surface area contributed by atoms with Gasteiger partial charge in [-0.25, -0.2) is 4.98 Å². The molecule has 3 nitrogen and oxygen atoms in total. The highest BCUT2D eigenvalue weighted by molar-refractivity contribution is 6.15. The van der Waals surface area contributed by atoms with Crippen LogP contribution in [-0.4, -0.2) is 9.38 Å². The number of hydrogen-bond acceptors (Lipinski definition) is 2. The average Bonchev–Trinajstić information content (AvgIpc) is 3.63. The molecule has 0 N–H and O–H groups in total. The second-order valence-corrected chi connectivity index (χ2v) is 10.4. The molecule has 0 aliphatic carbocycles. The molecule has 0 aliphatic heterocycles. The summed E-state index contributed by atoms with van der Waals surface area (Å²) in [6, 6.07) is 45.0. The minimum absolute atomic E-state index is 0.913. The van der Waals surface area contributed by atoms with E-state index in [4.69, 9.17) is 9.40 Å². The van der Waals surface area contributed by atoms with Gasteiger partial charge in [0.1, 0.15) is 16.8 Å². The molecule has 0 unspecified atom stereocenters. The van der Waals surface area contributed by atoms with Crippen molar-refractivity contribution in [3.8, 4) is 22.4 Å². The number of pyridine rings is 1. The van der Waals surface area contributed by atoms with Crippen molar-refractivity contribution in [3.63, 3.8) is 0 Å². The van der Waals surface area contributed by atoms with E-state index in [0.29, 0.717) is 0 Å². The van der Waals surface area contributed by atoms with Gasteiger partial charge in [0.15, 0.2) is 0 Å². The summed E-state index contributed by atoms with van der Waals surface area (Å²) in [5.41, 5.74) is 8.47. The molecular formula is C37H22N2O. The molecule has 186 valence electrons. The molecule has 0 radical (unpaired) electrons. The summed E-state index contributed by atoms with van der Waals surface area (Å²) in [6.45, 7) is 0. The molecule has 3 aromatic heterocycles. The summed E-state index contributed by atoms with van der Waals surface area (Å²) in [5, 5.41) is 8.26. The molecule has 0 amide bonds. The monoisotopic (exact) mass is 510 g/mol. The van der Waals surface area contributed by atoms with Crippen LogP contribution in [0, 0.1) is 0 Å². The Morgan fingerprint density at radius 3 is 1.93 bits per heavy atom. The number of furan rings is 1. The molecule has 9 rings (SSSR count). The maximum atomic E-state index is 6.42. The first kappa shape index (κ1) is 21.5. The number of benzene rings is 6. The molecule has 0 saturated heterocycles. The summed E-state index contributed by atoms with van der Waals surface area (Å²) in [6.07, 6.45) is 2.02. The quantitative estimate of drug-likeness (QED) is 0.217. The van der Waals surface area contributed by atoms with Crippen LogP contribution in [0.1, 0.15) is 0 Å². The van der Waals surface area contributed by atoms with Crippen molar-refractivity contribution >= 4 is 60.0 Å². The second kappa shape index (κ2) is 8.05. The second-order valence-electron chi connectivity index (χ2n) is 10.4. The van der Waals surface area contributed by atoms with Crippen LogP contribution in [0.4, 0.5) is 0 Å². The lowest BCUT2D eigenvalue weighted by atomic mass is 9.93.